The van der Waals surface area contributed by atoms with Crippen molar-refractivity contribution in [3.05, 3.63) is 11.8 Å². The molecule has 0 bridgehead atoms. The summed E-state index contributed by atoms with van der Waals surface area (Å²) in [5.41, 5.74) is -0.971. The van der Waals surface area contributed by atoms with Crippen LogP contribution in [-0.4, -0.2) is 47.4 Å². The Labute approximate surface area is 161 Å². The third kappa shape index (κ3) is 5.90. The Morgan fingerprint density at radius 1 is 1.19 bits per heavy atom. The topological polar surface area (TPSA) is 62.3 Å². The quantitative estimate of drug-likeness (QED) is 0.748. The van der Waals surface area contributed by atoms with Crippen LogP contribution in [0.15, 0.2) is 6.07 Å². The van der Waals surface area contributed by atoms with E-state index >= 15 is 0 Å². The first kappa shape index (κ1) is 20.1. The van der Waals surface area contributed by atoms with Crippen LogP contribution in [0, 0.1) is 0 Å². The van der Waals surface area contributed by atoms with Crippen LogP contribution in [0.5, 0.6) is 0 Å². The zero-order valence-electron chi connectivity index (χ0n) is 15.0. The number of thiocarbonyl (C=S) groups is 1. The van der Waals surface area contributed by atoms with Gasteiger partial charge in [-0.15, -0.1) is 0 Å². The largest absolute Gasteiger partial charge is 0.433 e. The van der Waals surface area contributed by atoms with Gasteiger partial charge in [-0.2, -0.15) is 18.2 Å². The standard InChI is InChI=1S/C17H24F3N5OS/c18-17(19,20)13-10-14(25-7-3-1-2-4-8-25)23-15(22-13)24-16(27)21-11-12-6-5-9-26-12/h10,12H,1-9,11H2,(H2,21,22,23,24,27)/t12-/m0/s1. The van der Waals surface area contributed by atoms with E-state index in [-0.39, 0.29) is 23.0 Å². The fraction of sp³-hybridized carbons (Fsp3) is 0.706. The van der Waals surface area contributed by atoms with Crippen molar-refractivity contribution >= 4 is 29.1 Å². The number of nitrogens with zero attached hydrogens (tertiary/aromatic N) is 3. The Bertz CT molecular complexity index is 644. The van der Waals surface area contributed by atoms with Gasteiger partial charge in [0.25, 0.3) is 0 Å². The SMILES string of the molecule is FC(F)(F)c1cc(N2CCCCCC2)nc(NC(=S)NC[C@@H]2CCCO2)n1. The molecule has 0 amide bonds. The Hall–Kier alpha value is -1.68. The molecule has 6 nitrogen and oxygen atoms in total. The highest BCUT2D eigenvalue weighted by molar-refractivity contribution is 7.80. The lowest BCUT2D eigenvalue weighted by Gasteiger charge is -2.23. The van der Waals surface area contributed by atoms with Crippen molar-refractivity contribution in [1.29, 1.82) is 0 Å². The second-order valence-electron chi connectivity index (χ2n) is 6.80. The van der Waals surface area contributed by atoms with E-state index in [4.69, 9.17) is 17.0 Å². The van der Waals surface area contributed by atoms with Crippen LogP contribution >= 0.6 is 12.2 Å². The Morgan fingerprint density at radius 2 is 1.93 bits per heavy atom. The minimum atomic E-state index is -4.55. The highest BCUT2D eigenvalue weighted by Crippen LogP contribution is 2.31. The minimum absolute atomic E-state index is 0.0693. The number of ether oxygens (including phenoxy) is 1. The van der Waals surface area contributed by atoms with Crippen molar-refractivity contribution in [3.63, 3.8) is 0 Å². The van der Waals surface area contributed by atoms with E-state index in [0.29, 0.717) is 19.6 Å². The van der Waals surface area contributed by atoms with Crippen LogP contribution in [0.25, 0.3) is 0 Å². The lowest BCUT2D eigenvalue weighted by atomic mass is 10.2. The summed E-state index contributed by atoms with van der Waals surface area (Å²) in [6.07, 6.45) is 1.50. The maximum atomic E-state index is 13.3. The number of rotatable bonds is 4. The van der Waals surface area contributed by atoms with Crippen LogP contribution < -0.4 is 15.5 Å². The maximum absolute atomic E-state index is 13.3. The van der Waals surface area contributed by atoms with Gasteiger partial charge < -0.3 is 20.3 Å². The molecule has 0 aromatic carbocycles. The molecule has 0 spiro atoms. The van der Waals surface area contributed by atoms with Gasteiger partial charge in [0.05, 0.1) is 6.10 Å². The molecule has 0 aliphatic carbocycles. The van der Waals surface area contributed by atoms with Gasteiger partial charge in [-0.05, 0) is 37.9 Å². The van der Waals surface area contributed by atoms with Gasteiger partial charge in [0.15, 0.2) is 10.8 Å². The summed E-state index contributed by atoms with van der Waals surface area (Å²) >= 11 is 5.18. The van der Waals surface area contributed by atoms with Crippen LogP contribution in [0.1, 0.15) is 44.2 Å². The van der Waals surface area contributed by atoms with Gasteiger partial charge in [-0.1, -0.05) is 12.8 Å². The molecule has 2 N–H and O–H groups in total. The number of hydrogen-bond donors (Lipinski definition) is 2. The molecule has 27 heavy (non-hydrogen) atoms. The monoisotopic (exact) mass is 403 g/mol. The molecule has 2 fully saturated rings. The predicted octanol–water partition coefficient (Wildman–Crippen LogP) is 3.34. The highest BCUT2D eigenvalue weighted by Gasteiger charge is 2.34. The fourth-order valence-electron chi connectivity index (χ4n) is 3.25. The van der Waals surface area contributed by atoms with E-state index in [2.05, 4.69) is 20.6 Å². The number of halogens is 3. The third-order valence-corrected chi connectivity index (χ3v) is 4.92. The highest BCUT2D eigenvalue weighted by atomic mass is 32.1. The summed E-state index contributed by atoms with van der Waals surface area (Å²) < 4.78 is 45.3. The van der Waals surface area contributed by atoms with Gasteiger partial charge in [0.1, 0.15) is 5.82 Å². The molecule has 150 valence electrons. The summed E-state index contributed by atoms with van der Waals surface area (Å²) in [5.74, 6) is 0.137. The molecule has 3 rings (SSSR count). The Balaban J connectivity index is 1.72. The van der Waals surface area contributed by atoms with E-state index in [9.17, 15) is 13.2 Å². The number of anilines is 2. The molecule has 2 aliphatic rings. The maximum Gasteiger partial charge on any atom is 0.433 e. The zero-order chi connectivity index (χ0) is 19.3. The third-order valence-electron chi connectivity index (χ3n) is 4.67. The second-order valence-corrected chi connectivity index (χ2v) is 7.21. The number of nitrogens with one attached hydrogen (secondary N) is 2. The molecule has 2 saturated heterocycles. The van der Waals surface area contributed by atoms with Gasteiger partial charge in [0, 0.05) is 32.3 Å². The lowest BCUT2D eigenvalue weighted by Crippen LogP contribution is -2.35. The first-order valence-electron chi connectivity index (χ1n) is 9.29. The van der Waals surface area contributed by atoms with Crippen molar-refractivity contribution < 1.29 is 17.9 Å². The first-order valence-corrected chi connectivity index (χ1v) is 9.70. The van der Waals surface area contributed by atoms with E-state index in [1.807, 2.05) is 4.90 Å². The normalized spacial score (nSPS) is 21.0. The molecular weight excluding hydrogens is 379 g/mol. The molecule has 0 saturated carbocycles. The predicted molar refractivity (Wildman–Crippen MR) is 101 cm³/mol. The van der Waals surface area contributed by atoms with Crippen molar-refractivity contribution in [2.75, 3.05) is 36.5 Å². The Kier molecular flexibility index (Phi) is 6.69. The fourth-order valence-corrected chi connectivity index (χ4v) is 3.43. The molecule has 1 atom stereocenters. The second kappa shape index (κ2) is 9.01. The first-order chi connectivity index (χ1) is 12.9. The summed E-state index contributed by atoms with van der Waals surface area (Å²) in [6.45, 7) is 2.61. The molecular formula is C17H24F3N5OS. The van der Waals surface area contributed by atoms with Gasteiger partial charge in [0.2, 0.25) is 5.95 Å². The lowest BCUT2D eigenvalue weighted by molar-refractivity contribution is -0.141. The van der Waals surface area contributed by atoms with E-state index in [1.165, 1.54) is 0 Å². The number of hydrogen-bond acceptors (Lipinski definition) is 5. The van der Waals surface area contributed by atoms with Crippen LogP contribution in [0.4, 0.5) is 24.9 Å². The van der Waals surface area contributed by atoms with Gasteiger partial charge in [-0.25, -0.2) is 4.98 Å². The molecule has 0 radical (unpaired) electrons. The molecule has 1 aromatic rings. The number of aromatic nitrogens is 2. The van der Waals surface area contributed by atoms with E-state index in [0.717, 1.165) is 51.2 Å². The number of alkyl halides is 3. The average Bonchev–Trinajstić information content (AvgIpc) is 2.99. The zero-order valence-corrected chi connectivity index (χ0v) is 15.8. The van der Waals surface area contributed by atoms with E-state index in [1.54, 1.807) is 0 Å². The van der Waals surface area contributed by atoms with Crippen LogP contribution in [0.3, 0.4) is 0 Å². The summed E-state index contributed by atoms with van der Waals surface area (Å²) in [7, 11) is 0. The summed E-state index contributed by atoms with van der Waals surface area (Å²) in [5, 5.41) is 5.84. The summed E-state index contributed by atoms with van der Waals surface area (Å²) in [4.78, 5) is 9.77. The molecule has 2 aliphatic heterocycles. The minimum Gasteiger partial charge on any atom is -0.376 e. The van der Waals surface area contributed by atoms with Crippen molar-refractivity contribution in [2.45, 2.75) is 50.8 Å². The van der Waals surface area contributed by atoms with Gasteiger partial charge in [-0.3, -0.25) is 0 Å². The van der Waals surface area contributed by atoms with Crippen molar-refractivity contribution in [2.24, 2.45) is 0 Å². The molecule has 3 heterocycles. The average molecular weight is 403 g/mol. The Morgan fingerprint density at radius 3 is 2.56 bits per heavy atom. The molecule has 10 heteroatoms. The molecule has 0 unspecified atom stereocenters. The smallest absolute Gasteiger partial charge is 0.376 e. The van der Waals surface area contributed by atoms with Crippen molar-refractivity contribution in [1.82, 2.24) is 15.3 Å². The van der Waals surface area contributed by atoms with Crippen LogP contribution in [-0.2, 0) is 10.9 Å². The van der Waals surface area contributed by atoms with Crippen LogP contribution in [0.2, 0.25) is 0 Å². The molecule has 1 aromatic heterocycles. The van der Waals surface area contributed by atoms with Crippen molar-refractivity contribution in [3.8, 4) is 0 Å². The van der Waals surface area contributed by atoms with E-state index < -0.39 is 11.9 Å². The van der Waals surface area contributed by atoms with Gasteiger partial charge >= 0.3 is 6.18 Å². The summed E-state index contributed by atoms with van der Waals surface area (Å²) in [6, 6.07) is 1.01.